The van der Waals surface area contributed by atoms with E-state index in [1.54, 1.807) is 18.5 Å². The number of benzene rings is 3. The molecule has 0 saturated carbocycles. The van der Waals surface area contributed by atoms with Gasteiger partial charge in [0.2, 0.25) is 10.0 Å². The van der Waals surface area contributed by atoms with Gasteiger partial charge in [0.05, 0.1) is 23.0 Å². The van der Waals surface area contributed by atoms with Gasteiger partial charge in [-0.1, -0.05) is 30.3 Å². The summed E-state index contributed by atoms with van der Waals surface area (Å²) in [5.74, 6) is -1.48. The number of fused-ring (bicyclic) bond motifs is 2. The summed E-state index contributed by atoms with van der Waals surface area (Å²) >= 11 is 0. The van der Waals surface area contributed by atoms with Crippen molar-refractivity contribution in [1.29, 1.82) is 0 Å². The fourth-order valence-corrected chi connectivity index (χ4v) is 8.37. The molecule has 1 aromatic heterocycles. The van der Waals surface area contributed by atoms with E-state index in [9.17, 15) is 31.5 Å². The molecule has 9 nitrogen and oxygen atoms in total. The molecule has 0 radical (unpaired) electrons. The van der Waals surface area contributed by atoms with Crippen molar-refractivity contribution in [3.63, 3.8) is 0 Å². The maximum Gasteiger partial charge on any atom is 0.416 e. The molecule has 252 valence electrons. The normalized spacial score (nSPS) is 17.7. The maximum absolute atomic E-state index is 13.9. The van der Waals surface area contributed by atoms with E-state index in [1.807, 2.05) is 52.0 Å². The molecular formula is C34H39F3N4O5S. The molecule has 2 heterocycles. The highest BCUT2D eigenvalue weighted by Gasteiger charge is 2.41. The van der Waals surface area contributed by atoms with Crippen molar-refractivity contribution in [3.05, 3.63) is 81.4 Å². The van der Waals surface area contributed by atoms with Crippen LogP contribution >= 0.6 is 0 Å². The number of hydrogen-bond donors (Lipinski definition) is 1. The van der Waals surface area contributed by atoms with Gasteiger partial charge in [-0.15, -0.1) is 5.10 Å². The van der Waals surface area contributed by atoms with Crippen LogP contribution in [0.5, 0.6) is 5.75 Å². The van der Waals surface area contributed by atoms with E-state index in [2.05, 4.69) is 10.3 Å². The number of ether oxygens (including phenoxy) is 1. The van der Waals surface area contributed by atoms with Crippen molar-refractivity contribution in [2.75, 3.05) is 13.7 Å². The van der Waals surface area contributed by atoms with E-state index in [0.29, 0.717) is 40.0 Å². The molecule has 0 amide bonds. The van der Waals surface area contributed by atoms with Gasteiger partial charge in [-0.2, -0.15) is 17.5 Å². The standard InChI is InChI=1S/C34H39F3N4O5S/c1-8-41-31-27(46-7)16-26(21(4)30(31)38-39-41)29(33(5,6)32(42)43)22-10-9-20(3)24(14-22)18-40-17-19(2)13-23-15-25(34(35,36)37)11-12-28(23)47(40,44)45/h9-12,14-16,19,29H,8,13,17-18H2,1-7H3,(H,42,43)/t19-,29-/m0/s1. The van der Waals surface area contributed by atoms with Gasteiger partial charge < -0.3 is 9.84 Å². The van der Waals surface area contributed by atoms with Crippen LogP contribution in [0, 0.1) is 25.2 Å². The zero-order valence-corrected chi connectivity index (χ0v) is 28.3. The fourth-order valence-electron chi connectivity index (χ4n) is 6.62. The summed E-state index contributed by atoms with van der Waals surface area (Å²) in [7, 11) is -2.62. The average molecular weight is 673 g/mol. The molecular weight excluding hydrogens is 633 g/mol. The van der Waals surface area contributed by atoms with Gasteiger partial charge in [-0.05, 0) is 105 Å². The molecule has 3 aromatic carbocycles. The molecule has 0 spiro atoms. The largest absolute Gasteiger partial charge is 0.494 e. The molecule has 4 aromatic rings. The molecule has 47 heavy (non-hydrogen) atoms. The number of carbonyl (C=O) groups is 1. The second kappa shape index (κ2) is 12.2. The number of rotatable bonds is 8. The number of aromatic nitrogens is 3. The first-order valence-corrected chi connectivity index (χ1v) is 16.8. The van der Waals surface area contributed by atoms with E-state index in [0.717, 1.165) is 29.3 Å². The lowest BCUT2D eigenvalue weighted by atomic mass is 9.69. The SMILES string of the molecule is CCn1nnc2c(C)c([C@H](c3ccc(C)c(CN4C[C@@H](C)Cc5cc(C(F)(F)F)ccc5S4(=O)=O)c3)C(C)(C)C(=O)O)cc(OC)c21. The van der Waals surface area contributed by atoms with Crippen LogP contribution in [0.1, 0.15) is 72.6 Å². The highest BCUT2D eigenvalue weighted by atomic mass is 32.2. The van der Waals surface area contributed by atoms with E-state index in [-0.39, 0.29) is 35.9 Å². The molecule has 0 saturated heterocycles. The minimum Gasteiger partial charge on any atom is -0.494 e. The topological polar surface area (TPSA) is 115 Å². The molecule has 1 N–H and O–H groups in total. The second-order valence-corrected chi connectivity index (χ2v) is 14.9. The Labute approximate surface area is 272 Å². The van der Waals surface area contributed by atoms with Crippen LogP contribution in [0.4, 0.5) is 13.2 Å². The number of sulfonamides is 1. The first-order valence-electron chi connectivity index (χ1n) is 15.4. The van der Waals surface area contributed by atoms with Gasteiger partial charge in [-0.25, -0.2) is 13.1 Å². The third-order valence-corrected chi connectivity index (χ3v) is 11.2. The Kier molecular flexibility index (Phi) is 8.95. The molecule has 1 aliphatic rings. The van der Waals surface area contributed by atoms with Crippen molar-refractivity contribution in [2.45, 2.75) is 78.0 Å². The molecule has 0 bridgehead atoms. The van der Waals surface area contributed by atoms with Crippen molar-refractivity contribution in [2.24, 2.45) is 11.3 Å². The third-order valence-electron chi connectivity index (χ3n) is 9.29. The summed E-state index contributed by atoms with van der Waals surface area (Å²) in [6.07, 6.45) is -4.42. The van der Waals surface area contributed by atoms with E-state index in [4.69, 9.17) is 4.74 Å². The van der Waals surface area contributed by atoms with Crippen LogP contribution in [0.3, 0.4) is 0 Å². The lowest BCUT2D eigenvalue weighted by molar-refractivity contribution is -0.147. The minimum atomic E-state index is -4.59. The molecule has 0 fully saturated rings. The van der Waals surface area contributed by atoms with Crippen molar-refractivity contribution >= 4 is 27.0 Å². The first-order chi connectivity index (χ1) is 21.9. The number of carboxylic acid groups (broad SMARTS) is 1. The van der Waals surface area contributed by atoms with Gasteiger partial charge in [0.1, 0.15) is 16.8 Å². The molecule has 5 rings (SSSR count). The number of aryl methyl sites for hydroxylation is 3. The molecule has 13 heteroatoms. The Hall–Kier alpha value is -3.97. The van der Waals surface area contributed by atoms with Crippen LogP contribution in [0.2, 0.25) is 0 Å². The first kappa shape index (κ1) is 34.4. The molecule has 0 unspecified atom stereocenters. The number of carboxylic acids is 1. The highest BCUT2D eigenvalue weighted by molar-refractivity contribution is 7.89. The Balaban J connectivity index is 1.63. The number of nitrogens with zero attached hydrogens (tertiary/aromatic N) is 4. The zero-order chi connectivity index (χ0) is 34.6. The lowest BCUT2D eigenvalue weighted by Gasteiger charge is -2.33. The molecule has 0 aliphatic carbocycles. The molecule has 2 atom stereocenters. The number of aliphatic carboxylic acids is 1. The Bertz CT molecular complexity index is 1970. The zero-order valence-electron chi connectivity index (χ0n) is 27.4. The third kappa shape index (κ3) is 6.11. The van der Waals surface area contributed by atoms with E-state index < -0.39 is 39.1 Å². The number of hydrogen-bond acceptors (Lipinski definition) is 6. The maximum atomic E-state index is 13.9. The van der Waals surface area contributed by atoms with Crippen LogP contribution in [0.15, 0.2) is 47.4 Å². The quantitative estimate of drug-likeness (QED) is 0.221. The summed E-state index contributed by atoms with van der Waals surface area (Å²) in [6, 6.07) is 10.1. The second-order valence-electron chi connectivity index (χ2n) is 13.0. The summed E-state index contributed by atoms with van der Waals surface area (Å²) in [5, 5.41) is 19.1. The van der Waals surface area contributed by atoms with Crippen LogP contribution in [-0.2, 0) is 40.5 Å². The average Bonchev–Trinajstić information content (AvgIpc) is 3.40. The van der Waals surface area contributed by atoms with Crippen LogP contribution in [0.25, 0.3) is 11.0 Å². The monoisotopic (exact) mass is 672 g/mol. The predicted molar refractivity (Wildman–Crippen MR) is 171 cm³/mol. The Morgan fingerprint density at radius 3 is 2.45 bits per heavy atom. The molecule has 1 aliphatic heterocycles. The number of methoxy groups -OCH3 is 1. The van der Waals surface area contributed by atoms with Crippen LogP contribution in [-0.4, -0.2) is 52.4 Å². The number of halogens is 3. The summed E-state index contributed by atoms with van der Waals surface area (Å²) < 4.78 is 77.1. The van der Waals surface area contributed by atoms with E-state index in [1.165, 1.54) is 11.4 Å². The summed E-state index contributed by atoms with van der Waals surface area (Å²) in [4.78, 5) is 12.7. The summed E-state index contributed by atoms with van der Waals surface area (Å²) in [5.41, 5.74) is 2.76. The highest BCUT2D eigenvalue weighted by Crippen LogP contribution is 2.46. The van der Waals surface area contributed by atoms with Crippen molar-refractivity contribution in [1.82, 2.24) is 19.3 Å². The van der Waals surface area contributed by atoms with Gasteiger partial charge >= 0.3 is 12.1 Å². The van der Waals surface area contributed by atoms with Crippen LogP contribution < -0.4 is 4.74 Å². The van der Waals surface area contributed by atoms with Crippen molar-refractivity contribution < 1.29 is 36.2 Å². The van der Waals surface area contributed by atoms with Gasteiger partial charge in [0.25, 0.3) is 0 Å². The lowest BCUT2D eigenvalue weighted by Crippen LogP contribution is -2.34. The van der Waals surface area contributed by atoms with Gasteiger partial charge in [0.15, 0.2) is 0 Å². The van der Waals surface area contributed by atoms with E-state index >= 15 is 0 Å². The predicted octanol–water partition coefficient (Wildman–Crippen LogP) is 6.72. The van der Waals surface area contributed by atoms with Crippen molar-refractivity contribution in [3.8, 4) is 5.75 Å². The Morgan fingerprint density at radius 2 is 1.83 bits per heavy atom. The smallest absolute Gasteiger partial charge is 0.416 e. The van der Waals surface area contributed by atoms with Gasteiger partial charge in [-0.3, -0.25) is 4.79 Å². The summed E-state index contributed by atoms with van der Waals surface area (Å²) in [6.45, 7) is 11.4. The number of alkyl halides is 3. The fraction of sp³-hybridized carbons (Fsp3) is 0.441. The minimum absolute atomic E-state index is 0.0425. The Morgan fingerprint density at radius 1 is 1.13 bits per heavy atom. The van der Waals surface area contributed by atoms with Gasteiger partial charge in [0, 0.05) is 25.6 Å².